The number of nitrogens with zero attached hydrogens (tertiary/aromatic N) is 2. The Balaban J connectivity index is 1.43. The van der Waals surface area contributed by atoms with Crippen molar-refractivity contribution in [1.29, 1.82) is 0 Å². The average Bonchev–Trinajstić information content (AvgIpc) is 2.85. The molecule has 0 bridgehead atoms. The molecule has 0 fully saturated rings. The van der Waals surface area contributed by atoms with Gasteiger partial charge in [0.15, 0.2) is 16.7 Å². The van der Waals surface area contributed by atoms with E-state index in [9.17, 15) is 14.0 Å². The molecule has 1 N–H and O–H groups in total. The first-order chi connectivity index (χ1) is 16.5. The normalized spacial score (nSPS) is 12.5. The van der Waals surface area contributed by atoms with Gasteiger partial charge < -0.3 is 14.8 Å². The van der Waals surface area contributed by atoms with Gasteiger partial charge in [-0.3, -0.25) is 14.2 Å². The van der Waals surface area contributed by atoms with E-state index in [2.05, 4.69) is 10.3 Å². The first kappa shape index (κ1) is 22.2. The molecule has 0 unspecified atom stereocenters. The topological polar surface area (TPSA) is 82.5 Å². The molecule has 10 heteroatoms. The van der Waals surface area contributed by atoms with Gasteiger partial charge in [0.05, 0.1) is 27.4 Å². The molecule has 0 aliphatic carbocycles. The lowest BCUT2D eigenvalue weighted by atomic mass is 10.2. The number of rotatable bonds is 5. The van der Waals surface area contributed by atoms with Crippen molar-refractivity contribution in [2.45, 2.75) is 5.16 Å². The summed E-state index contributed by atoms with van der Waals surface area (Å²) in [5.41, 5.74) is 1.06. The molecule has 2 heterocycles. The fourth-order valence-electron chi connectivity index (χ4n) is 3.51. The third-order valence-electron chi connectivity index (χ3n) is 5.06. The molecule has 1 aliphatic rings. The summed E-state index contributed by atoms with van der Waals surface area (Å²) < 4.78 is 26.1. The van der Waals surface area contributed by atoms with Gasteiger partial charge in [0, 0.05) is 11.8 Å². The summed E-state index contributed by atoms with van der Waals surface area (Å²) in [7, 11) is 0. The maximum absolute atomic E-state index is 13.7. The van der Waals surface area contributed by atoms with Crippen LogP contribution in [0.15, 0.2) is 70.6 Å². The van der Waals surface area contributed by atoms with Crippen LogP contribution in [-0.4, -0.2) is 34.4 Å². The van der Waals surface area contributed by atoms with Crippen molar-refractivity contribution >= 4 is 45.9 Å². The van der Waals surface area contributed by atoms with Gasteiger partial charge in [0.25, 0.3) is 5.56 Å². The summed E-state index contributed by atoms with van der Waals surface area (Å²) in [5, 5.41) is 3.37. The molecule has 7 nitrogen and oxygen atoms in total. The second-order valence-corrected chi connectivity index (χ2v) is 8.70. The summed E-state index contributed by atoms with van der Waals surface area (Å²) in [5.74, 6) is 0.276. The molecule has 5 rings (SSSR count). The van der Waals surface area contributed by atoms with E-state index in [0.717, 1.165) is 11.8 Å². The zero-order valence-electron chi connectivity index (χ0n) is 17.6. The van der Waals surface area contributed by atoms with Gasteiger partial charge in [-0.05, 0) is 42.5 Å². The Morgan fingerprint density at radius 1 is 1.09 bits per heavy atom. The Kier molecular flexibility index (Phi) is 6.12. The lowest BCUT2D eigenvalue weighted by Gasteiger charge is -2.19. The molecule has 0 spiro atoms. The number of anilines is 1. The van der Waals surface area contributed by atoms with Gasteiger partial charge in [0.1, 0.15) is 19.0 Å². The highest BCUT2D eigenvalue weighted by molar-refractivity contribution is 7.99. The number of hydrogen-bond donors (Lipinski definition) is 1. The number of fused-ring (bicyclic) bond motifs is 2. The highest BCUT2D eigenvalue weighted by atomic mass is 35.5. The minimum Gasteiger partial charge on any atom is -0.486 e. The summed E-state index contributed by atoms with van der Waals surface area (Å²) in [4.78, 5) is 30.5. The number of carbonyl (C=O) groups excluding carboxylic acids is 1. The van der Waals surface area contributed by atoms with Gasteiger partial charge in [-0.15, -0.1) is 0 Å². The van der Waals surface area contributed by atoms with Crippen LogP contribution in [0.5, 0.6) is 11.5 Å². The third-order valence-corrected chi connectivity index (χ3v) is 6.29. The quantitative estimate of drug-likeness (QED) is 0.318. The van der Waals surface area contributed by atoms with E-state index in [1.54, 1.807) is 42.5 Å². The molecule has 1 aromatic heterocycles. The summed E-state index contributed by atoms with van der Waals surface area (Å²) in [6.45, 7) is 0.924. The van der Waals surface area contributed by atoms with Crippen LogP contribution >= 0.6 is 23.4 Å². The van der Waals surface area contributed by atoms with Crippen molar-refractivity contribution in [3.05, 3.63) is 81.9 Å². The Bertz CT molecular complexity index is 1480. The maximum atomic E-state index is 13.7. The van der Waals surface area contributed by atoms with Crippen molar-refractivity contribution in [3.63, 3.8) is 0 Å². The lowest BCUT2D eigenvalue weighted by molar-refractivity contribution is -0.113. The highest BCUT2D eigenvalue weighted by Gasteiger charge is 2.17. The number of halogens is 2. The number of carbonyl (C=O) groups is 1. The summed E-state index contributed by atoms with van der Waals surface area (Å²) >= 11 is 7.04. The van der Waals surface area contributed by atoms with Crippen molar-refractivity contribution in [2.75, 3.05) is 24.3 Å². The van der Waals surface area contributed by atoms with Crippen molar-refractivity contribution < 1.29 is 18.7 Å². The number of benzene rings is 3. The minimum absolute atomic E-state index is 0.0197. The van der Waals surface area contributed by atoms with Gasteiger partial charge in [0.2, 0.25) is 5.91 Å². The molecule has 172 valence electrons. The number of aromatic nitrogens is 2. The number of hydrogen-bond acceptors (Lipinski definition) is 6. The third kappa shape index (κ3) is 4.44. The lowest BCUT2D eigenvalue weighted by Crippen LogP contribution is -2.23. The Labute approximate surface area is 202 Å². The first-order valence-electron chi connectivity index (χ1n) is 10.3. The zero-order valence-corrected chi connectivity index (χ0v) is 19.2. The van der Waals surface area contributed by atoms with Crippen LogP contribution in [0.3, 0.4) is 0 Å². The van der Waals surface area contributed by atoms with E-state index in [1.165, 1.54) is 22.8 Å². The number of para-hydroxylation sites is 1. The van der Waals surface area contributed by atoms with Crippen LogP contribution in [0.1, 0.15) is 0 Å². The predicted octanol–water partition coefficient (Wildman–Crippen LogP) is 4.68. The van der Waals surface area contributed by atoms with Crippen LogP contribution in [-0.2, 0) is 4.79 Å². The number of ether oxygens (including phenoxy) is 2. The van der Waals surface area contributed by atoms with Crippen molar-refractivity contribution in [1.82, 2.24) is 9.55 Å². The molecule has 0 saturated carbocycles. The molecule has 0 saturated heterocycles. The Morgan fingerprint density at radius 2 is 1.88 bits per heavy atom. The van der Waals surface area contributed by atoms with Crippen LogP contribution in [0, 0.1) is 5.82 Å². The highest BCUT2D eigenvalue weighted by Crippen LogP contribution is 2.32. The minimum atomic E-state index is -0.597. The smallest absolute Gasteiger partial charge is 0.266 e. The SMILES string of the molecule is O=C(CSc1nc2ccccc2c(=O)n1-c1ccc(F)c(Cl)c1)Nc1ccc2c(c1)OCCO2. The van der Waals surface area contributed by atoms with Crippen LogP contribution in [0.25, 0.3) is 16.6 Å². The Hall–Kier alpha value is -3.56. The van der Waals surface area contributed by atoms with E-state index < -0.39 is 5.82 Å². The van der Waals surface area contributed by atoms with E-state index in [1.807, 2.05) is 0 Å². The molecular formula is C24H17ClFN3O4S. The summed E-state index contributed by atoms with van der Waals surface area (Å²) in [6.07, 6.45) is 0. The van der Waals surface area contributed by atoms with E-state index in [4.69, 9.17) is 21.1 Å². The standard InChI is InChI=1S/C24H17ClFN3O4S/c25-17-12-15(6-7-18(17)26)29-23(31)16-3-1-2-4-19(16)28-24(29)34-13-22(30)27-14-5-8-20-21(11-14)33-10-9-32-20/h1-8,11-12H,9-10,13H2,(H,27,30). The number of thioether (sulfide) groups is 1. The molecule has 1 amide bonds. The monoisotopic (exact) mass is 497 g/mol. The maximum Gasteiger partial charge on any atom is 0.266 e. The second kappa shape index (κ2) is 9.36. The van der Waals surface area contributed by atoms with Gasteiger partial charge in [-0.2, -0.15) is 0 Å². The van der Waals surface area contributed by atoms with Crippen molar-refractivity contribution in [2.24, 2.45) is 0 Å². The molecule has 3 aromatic carbocycles. The number of nitrogens with one attached hydrogen (secondary N) is 1. The van der Waals surface area contributed by atoms with Gasteiger partial charge in [-0.1, -0.05) is 35.5 Å². The fourth-order valence-corrected chi connectivity index (χ4v) is 4.50. The summed E-state index contributed by atoms with van der Waals surface area (Å²) in [6, 6.07) is 16.0. The largest absolute Gasteiger partial charge is 0.486 e. The first-order valence-corrected chi connectivity index (χ1v) is 11.7. The molecule has 4 aromatic rings. The van der Waals surface area contributed by atoms with Crippen molar-refractivity contribution in [3.8, 4) is 17.2 Å². The van der Waals surface area contributed by atoms with E-state index in [-0.39, 0.29) is 27.4 Å². The number of amides is 1. The molecular weight excluding hydrogens is 481 g/mol. The molecule has 34 heavy (non-hydrogen) atoms. The van der Waals surface area contributed by atoms with E-state index >= 15 is 0 Å². The fraction of sp³-hybridized carbons (Fsp3) is 0.125. The Morgan fingerprint density at radius 3 is 2.71 bits per heavy atom. The van der Waals surface area contributed by atoms with Gasteiger partial charge in [-0.25, -0.2) is 9.37 Å². The average molecular weight is 498 g/mol. The van der Waals surface area contributed by atoms with Crippen LogP contribution in [0.4, 0.5) is 10.1 Å². The molecule has 0 radical (unpaired) electrons. The second-order valence-electron chi connectivity index (χ2n) is 7.35. The van der Waals surface area contributed by atoms with E-state index in [0.29, 0.717) is 47.0 Å². The van der Waals surface area contributed by atoms with Crippen LogP contribution < -0.4 is 20.3 Å². The molecule has 1 aliphatic heterocycles. The zero-order chi connectivity index (χ0) is 23.7. The molecule has 0 atom stereocenters. The van der Waals surface area contributed by atoms with Crippen LogP contribution in [0.2, 0.25) is 5.02 Å². The van der Waals surface area contributed by atoms with Gasteiger partial charge >= 0.3 is 0 Å². The predicted molar refractivity (Wildman–Crippen MR) is 129 cm³/mol.